The highest BCUT2D eigenvalue weighted by molar-refractivity contribution is 6.61. The smallest absolute Gasteiger partial charge is 0.486 e. The van der Waals surface area contributed by atoms with Crippen molar-refractivity contribution in [3.8, 4) is 17.5 Å². The largest absolute Gasteiger partial charge is 0.491 e. The van der Waals surface area contributed by atoms with Crippen LogP contribution >= 0.6 is 0 Å². The van der Waals surface area contributed by atoms with Crippen molar-refractivity contribution in [1.82, 2.24) is 4.98 Å². The molecule has 1 aromatic heterocycles. The van der Waals surface area contributed by atoms with Gasteiger partial charge in [-0.25, -0.2) is 4.85 Å². The molecule has 7 heteroatoms. The van der Waals surface area contributed by atoms with Gasteiger partial charge < -0.3 is 19.2 Å². The molecule has 0 aliphatic carbocycles. The number of rotatable bonds is 5. The van der Waals surface area contributed by atoms with Crippen LogP contribution in [0.4, 0.5) is 5.69 Å². The third kappa shape index (κ3) is 3.50. The highest BCUT2D eigenvalue weighted by Gasteiger charge is 2.27. The molecule has 0 saturated heterocycles. The van der Waals surface area contributed by atoms with Crippen molar-refractivity contribution in [1.29, 1.82) is 0 Å². The average Bonchev–Trinajstić information content (AvgIpc) is 2.94. The number of hydrogen-bond donors (Lipinski definition) is 1. The van der Waals surface area contributed by atoms with Gasteiger partial charge in [0.05, 0.1) is 19.8 Å². The highest BCUT2D eigenvalue weighted by atomic mass is 16.5. The van der Waals surface area contributed by atoms with E-state index in [1.807, 2.05) is 19.9 Å². The number of nitrogens with zero attached hydrogens (tertiary/aromatic N) is 2. The summed E-state index contributed by atoms with van der Waals surface area (Å²) in [5, 5.41) is 9.64. The summed E-state index contributed by atoms with van der Waals surface area (Å²) < 4.78 is 16.5. The maximum Gasteiger partial charge on any atom is 0.491 e. The molecule has 1 N–H and O–H groups in total. The lowest BCUT2D eigenvalue weighted by atomic mass is 9.80. The number of aromatic nitrogens is 1. The van der Waals surface area contributed by atoms with Crippen LogP contribution in [0.5, 0.6) is 17.5 Å². The monoisotopic (exact) mass is 324 g/mol. The van der Waals surface area contributed by atoms with Gasteiger partial charge in [-0.2, -0.15) is 4.98 Å². The van der Waals surface area contributed by atoms with E-state index in [0.717, 1.165) is 11.0 Å². The van der Waals surface area contributed by atoms with E-state index in [9.17, 15) is 5.02 Å². The van der Waals surface area contributed by atoms with E-state index in [0.29, 0.717) is 36.4 Å². The van der Waals surface area contributed by atoms with Gasteiger partial charge in [0, 0.05) is 0 Å². The van der Waals surface area contributed by atoms with E-state index >= 15 is 0 Å². The van der Waals surface area contributed by atoms with Gasteiger partial charge in [-0.15, -0.1) is 0 Å². The van der Waals surface area contributed by atoms with Gasteiger partial charge in [-0.3, -0.25) is 0 Å². The van der Waals surface area contributed by atoms with Gasteiger partial charge in [0.15, 0.2) is 0 Å². The predicted octanol–water partition coefficient (Wildman–Crippen LogP) is 2.68. The number of hydrogen-bond acceptors (Lipinski definition) is 5. The average molecular weight is 324 g/mol. The van der Waals surface area contributed by atoms with Crippen LogP contribution in [0, 0.1) is 12.5 Å². The molecule has 0 bridgehead atoms. The van der Waals surface area contributed by atoms with Crippen LogP contribution in [0.3, 0.4) is 0 Å². The van der Waals surface area contributed by atoms with Crippen molar-refractivity contribution < 1.29 is 19.2 Å². The van der Waals surface area contributed by atoms with Crippen molar-refractivity contribution in [3.05, 3.63) is 47.3 Å². The standard InChI is InChI=1S/C17H17BN2O4/c1-11(2)9-22-17-15(19-3)6-7-16(20-17)24-13-4-5-14-12(8-13)10-23-18(14)21/h4-8,11,21H,9-10H2,1-2H3. The second-order valence-corrected chi connectivity index (χ2v) is 5.92. The van der Waals surface area contributed by atoms with Gasteiger partial charge in [-0.1, -0.05) is 19.9 Å². The Morgan fingerprint density at radius 3 is 2.96 bits per heavy atom. The lowest BCUT2D eigenvalue weighted by molar-refractivity contribution is 0.260. The minimum atomic E-state index is -0.874. The van der Waals surface area contributed by atoms with Crippen molar-refractivity contribution >= 4 is 18.3 Å². The number of pyridine rings is 1. The molecule has 2 heterocycles. The quantitative estimate of drug-likeness (QED) is 0.677. The lowest BCUT2D eigenvalue weighted by Crippen LogP contribution is -2.27. The molecule has 0 amide bonds. The van der Waals surface area contributed by atoms with Crippen LogP contribution in [-0.4, -0.2) is 23.7 Å². The molecule has 0 fully saturated rings. The molecule has 1 aliphatic rings. The first-order valence-corrected chi connectivity index (χ1v) is 7.68. The maximum absolute atomic E-state index is 9.64. The van der Waals surface area contributed by atoms with Crippen LogP contribution in [0.25, 0.3) is 4.85 Å². The molecule has 0 atom stereocenters. The Balaban J connectivity index is 1.80. The molecule has 2 aromatic rings. The molecular formula is C17H17BN2O4. The maximum atomic E-state index is 9.64. The van der Waals surface area contributed by atoms with Gasteiger partial charge in [0.1, 0.15) is 5.75 Å². The van der Waals surface area contributed by atoms with Gasteiger partial charge >= 0.3 is 7.12 Å². The number of fused-ring (bicyclic) bond motifs is 1. The zero-order valence-electron chi connectivity index (χ0n) is 13.5. The van der Waals surface area contributed by atoms with Crippen molar-refractivity contribution in [3.63, 3.8) is 0 Å². The zero-order chi connectivity index (χ0) is 17.1. The fourth-order valence-electron chi connectivity index (χ4n) is 2.30. The fraction of sp³-hybridized carbons (Fsp3) is 0.294. The second-order valence-electron chi connectivity index (χ2n) is 5.92. The Bertz CT molecular complexity index is 789. The molecule has 24 heavy (non-hydrogen) atoms. The minimum Gasteiger partial charge on any atom is -0.486 e. The zero-order valence-corrected chi connectivity index (χ0v) is 13.5. The van der Waals surface area contributed by atoms with Crippen LogP contribution in [0.15, 0.2) is 30.3 Å². The minimum absolute atomic E-state index is 0.274. The van der Waals surface area contributed by atoms with E-state index in [1.165, 1.54) is 0 Å². The highest BCUT2D eigenvalue weighted by Crippen LogP contribution is 2.30. The van der Waals surface area contributed by atoms with Crippen molar-refractivity contribution in [2.75, 3.05) is 6.61 Å². The van der Waals surface area contributed by atoms with Crippen molar-refractivity contribution in [2.24, 2.45) is 5.92 Å². The van der Waals surface area contributed by atoms with E-state index in [2.05, 4.69) is 9.83 Å². The second kappa shape index (κ2) is 6.91. The van der Waals surface area contributed by atoms with E-state index in [1.54, 1.807) is 24.3 Å². The first-order valence-electron chi connectivity index (χ1n) is 7.68. The summed E-state index contributed by atoms with van der Waals surface area (Å²) >= 11 is 0. The fourth-order valence-corrected chi connectivity index (χ4v) is 2.30. The molecule has 1 aromatic carbocycles. The molecular weight excluding hydrogens is 307 g/mol. The molecule has 6 nitrogen and oxygen atoms in total. The molecule has 3 rings (SSSR count). The van der Waals surface area contributed by atoms with Gasteiger partial charge in [0.2, 0.25) is 17.4 Å². The van der Waals surface area contributed by atoms with E-state index < -0.39 is 7.12 Å². The summed E-state index contributed by atoms with van der Waals surface area (Å²) in [6.07, 6.45) is 0. The summed E-state index contributed by atoms with van der Waals surface area (Å²) in [6.45, 7) is 12.1. The third-order valence-corrected chi connectivity index (χ3v) is 3.49. The Kier molecular flexibility index (Phi) is 4.70. The predicted molar refractivity (Wildman–Crippen MR) is 89.7 cm³/mol. The topological polar surface area (TPSA) is 65.2 Å². The Morgan fingerprint density at radius 2 is 2.21 bits per heavy atom. The molecule has 122 valence electrons. The van der Waals surface area contributed by atoms with E-state index in [-0.39, 0.29) is 5.88 Å². The Morgan fingerprint density at radius 1 is 1.38 bits per heavy atom. The number of ether oxygens (including phenoxy) is 2. The summed E-state index contributed by atoms with van der Waals surface area (Å²) in [4.78, 5) is 7.70. The molecule has 1 aliphatic heterocycles. The first-order chi connectivity index (χ1) is 11.6. The molecule has 0 unspecified atom stereocenters. The van der Waals surface area contributed by atoms with Crippen LogP contribution in [-0.2, 0) is 11.3 Å². The molecule has 0 spiro atoms. The number of benzene rings is 1. The third-order valence-electron chi connectivity index (χ3n) is 3.49. The SMILES string of the molecule is [C-]#[N+]c1ccc(Oc2ccc3c(c2)COB3O)nc1OCC(C)C. The molecule has 0 radical (unpaired) electrons. The van der Waals surface area contributed by atoms with Crippen LogP contribution < -0.4 is 14.9 Å². The molecule has 0 saturated carbocycles. The summed E-state index contributed by atoms with van der Waals surface area (Å²) in [7, 11) is -0.874. The van der Waals surface area contributed by atoms with Gasteiger partial charge in [0.25, 0.3) is 0 Å². The van der Waals surface area contributed by atoms with Crippen molar-refractivity contribution in [2.45, 2.75) is 20.5 Å². The normalized spacial score (nSPS) is 12.9. The first kappa shape index (κ1) is 16.3. The Hall–Kier alpha value is -2.56. The van der Waals surface area contributed by atoms with Gasteiger partial charge in [-0.05, 0) is 41.2 Å². The summed E-state index contributed by atoms with van der Waals surface area (Å²) in [6, 6.07) is 8.59. The Labute approximate surface area is 141 Å². The summed E-state index contributed by atoms with van der Waals surface area (Å²) in [5.41, 5.74) is 1.99. The van der Waals surface area contributed by atoms with Crippen LogP contribution in [0.1, 0.15) is 19.4 Å². The van der Waals surface area contributed by atoms with E-state index in [4.69, 9.17) is 20.7 Å². The lowest BCUT2D eigenvalue weighted by Gasteiger charge is -2.11. The van der Waals surface area contributed by atoms with Crippen LogP contribution in [0.2, 0.25) is 0 Å². The summed E-state index contributed by atoms with van der Waals surface area (Å²) in [5.74, 6) is 1.54.